The van der Waals surface area contributed by atoms with Crippen LogP contribution in [0.25, 0.3) is 21.9 Å². The largest absolute Gasteiger partial charge is 0.339 e. The Balaban J connectivity index is 1.81. The highest BCUT2D eigenvalue weighted by atomic mass is 14.9. The fourth-order valence-corrected chi connectivity index (χ4v) is 2.45. The van der Waals surface area contributed by atoms with Crippen LogP contribution in [0.15, 0.2) is 66.7 Å². The summed E-state index contributed by atoms with van der Waals surface area (Å²) in [5.74, 6) is 6.25. The molecule has 4 aromatic rings. The second-order valence-electron chi connectivity index (χ2n) is 4.88. The molecule has 0 aliphatic carbocycles. The zero-order valence-corrected chi connectivity index (χ0v) is 11.3. The van der Waals surface area contributed by atoms with Crippen LogP contribution in [0.4, 0.5) is 0 Å². The Labute approximate surface area is 122 Å². The molecule has 0 amide bonds. The summed E-state index contributed by atoms with van der Waals surface area (Å²) in [6.07, 6.45) is 0. The lowest BCUT2D eigenvalue weighted by Gasteiger charge is -1.92. The molecule has 4 rings (SSSR count). The summed E-state index contributed by atoms with van der Waals surface area (Å²) in [6, 6.07) is 22.2. The molecule has 21 heavy (non-hydrogen) atoms. The highest BCUT2D eigenvalue weighted by Crippen LogP contribution is 2.23. The molecule has 0 fully saturated rings. The number of aromatic nitrogens is 2. The molecule has 2 heteroatoms. The summed E-state index contributed by atoms with van der Waals surface area (Å²) in [6.45, 7) is 0. The van der Waals surface area contributed by atoms with E-state index in [1.807, 2.05) is 48.5 Å². The van der Waals surface area contributed by atoms with Gasteiger partial charge in [0.15, 0.2) is 0 Å². The number of hydrogen-bond acceptors (Lipinski definition) is 1. The quantitative estimate of drug-likeness (QED) is 0.477. The monoisotopic (exact) mass is 268 g/mol. The van der Waals surface area contributed by atoms with Crippen LogP contribution in [-0.2, 0) is 0 Å². The SMILES string of the molecule is C(#Cc1ccc2c(n1)[nH]c1ccccc12)c1ccccc1. The third-order valence-corrected chi connectivity index (χ3v) is 3.47. The first-order chi connectivity index (χ1) is 10.4. The summed E-state index contributed by atoms with van der Waals surface area (Å²) < 4.78 is 0. The summed E-state index contributed by atoms with van der Waals surface area (Å²) in [5.41, 5.74) is 3.76. The van der Waals surface area contributed by atoms with Crippen LogP contribution in [0.5, 0.6) is 0 Å². The van der Waals surface area contributed by atoms with Gasteiger partial charge in [-0.15, -0.1) is 0 Å². The minimum absolute atomic E-state index is 0.776. The summed E-state index contributed by atoms with van der Waals surface area (Å²) in [4.78, 5) is 7.94. The van der Waals surface area contributed by atoms with Crippen molar-refractivity contribution in [2.45, 2.75) is 0 Å². The molecule has 1 N–H and O–H groups in total. The lowest BCUT2D eigenvalue weighted by Crippen LogP contribution is -1.83. The van der Waals surface area contributed by atoms with Gasteiger partial charge in [0.1, 0.15) is 11.3 Å². The number of aromatic amines is 1. The minimum atomic E-state index is 0.776. The predicted octanol–water partition coefficient (Wildman–Crippen LogP) is 4.12. The number of para-hydroxylation sites is 1. The maximum Gasteiger partial charge on any atom is 0.139 e. The van der Waals surface area contributed by atoms with E-state index in [2.05, 4.69) is 40.0 Å². The molecule has 0 spiro atoms. The number of benzene rings is 2. The summed E-state index contributed by atoms with van der Waals surface area (Å²) in [7, 11) is 0. The van der Waals surface area contributed by atoms with Crippen LogP contribution in [-0.4, -0.2) is 9.97 Å². The van der Waals surface area contributed by atoms with Gasteiger partial charge in [-0.2, -0.15) is 0 Å². The first-order valence-electron chi connectivity index (χ1n) is 6.85. The fourth-order valence-electron chi connectivity index (χ4n) is 2.45. The normalized spacial score (nSPS) is 10.5. The lowest BCUT2D eigenvalue weighted by atomic mass is 10.2. The van der Waals surface area contributed by atoms with Crippen LogP contribution >= 0.6 is 0 Å². The molecule has 0 aliphatic heterocycles. The Morgan fingerprint density at radius 1 is 0.714 bits per heavy atom. The van der Waals surface area contributed by atoms with Crippen LogP contribution in [0, 0.1) is 11.8 Å². The van der Waals surface area contributed by atoms with Crippen molar-refractivity contribution in [3.63, 3.8) is 0 Å². The zero-order chi connectivity index (χ0) is 14.1. The Morgan fingerprint density at radius 2 is 1.52 bits per heavy atom. The standard InChI is InChI=1S/C19H12N2/c1-2-6-14(7-3-1)10-11-15-12-13-17-16-8-4-5-9-18(16)21-19(17)20-15/h1-9,12-13H,(H,20,21). The third kappa shape index (κ3) is 2.15. The first kappa shape index (κ1) is 11.7. The Bertz CT molecular complexity index is 986. The molecule has 98 valence electrons. The van der Waals surface area contributed by atoms with Crippen molar-refractivity contribution >= 4 is 21.9 Å². The Hall–Kier alpha value is -3.05. The molecule has 0 bridgehead atoms. The average Bonchev–Trinajstić information content (AvgIpc) is 2.91. The van der Waals surface area contributed by atoms with Crippen LogP contribution in [0.2, 0.25) is 0 Å². The average molecular weight is 268 g/mol. The van der Waals surface area contributed by atoms with E-state index in [9.17, 15) is 0 Å². The lowest BCUT2D eigenvalue weighted by molar-refractivity contribution is 1.31. The van der Waals surface area contributed by atoms with E-state index in [1.54, 1.807) is 0 Å². The predicted molar refractivity (Wildman–Crippen MR) is 86.0 cm³/mol. The van der Waals surface area contributed by atoms with Gasteiger partial charge in [0.05, 0.1) is 0 Å². The van der Waals surface area contributed by atoms with E-state index in [4.69, 9.17) is 0 Å². The molecule has 0 radical (unpaired) electrons. The molecule has 2 aromatic carbocycles. The van der Waals surface area contributed by atoms with Crippen molar-refractivity contribution in [2.75, 3.05) is 0 Å². The number of pyridine rings is 1. The van der Waals surface area contributed by atoms with E-state index >= 15 is 0 Å². The van der Waals surface area contributed by atoms with Gasteiger partial charge in [0.2, 0.25) is 0 Å². The second kappa shape index (κ2) is 4.81. The molecule has 2 nitrogen and oxygen atoms in total. The minimum Gasteiger partial charge on any atom is -0.339 e. The van der Waals surface area contributed by atoms with Gasteiger partial charge in [0, 0.05) is 21.9 Å². The number of hydrogen-bond donors (Lipinski definition) is 1. The maximum atomic E-state index is 4.60. The van der Waals surface area contributed by atoms with E-state index in [0.29, 0.717) is 0 Å². The van der Waals surface area contributed by atoms with Gasteiger partial charge >= 0.3 is 0 Å². The van der Waals surface area contributed by atoms with Crippen LogP contribution in [0.3, 0.4) is 0 Å². The van der Waals surface area contributed by atoms with Crippen molar-refractivity contribution in [3.05, 3.63) is 78.0 Å². The number of rotatable bonds is 0. The van der Waals surface area contributed by atoms with E-state index in [0.717, 1.165) is 27.8 Å². The van der Waals surface area contributed by atoms with Crippen LogP contribution < -0.4 is 0 Å². The molecule has 0 saturated carbocycles. The van der Waals surface area contributed by atoms with E-state index in [-0.39, 0.29) is 0 Å². The van der Waals surface area contributed by atoms with Gasteiger partial charge < -0.3 is 4.98 Å². The topological polar surface area (TPSA) is 28.7 Å². The molecular weight excluding hydrogens is 256 g/mol. The molecule has 0 aliphatic rings. The van der Waals surface area contributed by atoms with Crippen molar-refractivity contribution in [3.8, 4) is 11.8 Å². The van der Waals surface area contributed by atoms with Gasteiger partial charge in [0.25, 0.3) is 0 Å². The van der Waals surface area contributed by atoms with Gasteiger partial charge in [-0.05, 0) is 36.3 Å². The van der Waals surface area contributed by atoms with Gasteiger partial charge in [-0.1, -0.05) is 42.3 Å². The Kier molecular flexibility index (Phi) is 2.69. The highest BCUT2D eigenvalue weighted by molar-refractivity contribution is 6.05. The first-order valence-corrected chi connectivity index (χ1v) is 6.85. The number of fused-ring (bicyclic) bond motifs is 3. The fraction of sp³-hybridized carbons (Fsp3) is 0. The molecule has 2 heterocycles. The van der Waals surface area contributed by atoms with E-state index < -0.39 is 0 Å². The second-order valence-corrected chi connectivity index (χ2v) is 4.88. The molecular formula is C19H12N2. The molecule has 0 atom stereocenters. The van der Waals surface area contributed by atoms with E-state index in [1.165, 1.54) is 5.39 Å². The highest BCUT2D eigenvalue weighted by Gasteiger charge is 2.04. The zero-order valence-electron chi connectivity index (χ0n) is 11.3. The molecule has 2 aromatic heterocycles. The summed E-state index contributed by atoms with van der Waals surface area (Å²) in [5, 5.41) is 2.33. The third-order valence-electron chi connectivity index (χ3n) is 3.47. The van der Waals surface area contributed by atoms with Crippen molar-refractivity contribution in [2.24, 2.45) is 0 Å². The summed E-state index contributed by atoms with van der Waals surface area (Å²) >= 11 is 0. The van der Waals surface area contributed by atoms with Crippen LogP contribution in [0.1, 0.15) is 11.3 Å². The smallest absolute Gasteiger partial charge is 0.139 e. The maximum absolute atomic E-state index is 4.60. The van der Waals surface area contributed by atoms with Crippen molar-refractivity contribution in [1.82, 2.24) is 9.97 Å². The van der Waals surface area contributed by atoms with Crippen molar-refractivity contribution in [1.29, 1.82) is 0 Å². The van der Waals surface area contributed by atoms with Crippen molar-refractivity contribution < 1.29 is 0 Å². The number of nitrogens with one attached hydrogen (secondary N) is 1. The molecule has 0 unspecified atom stereocenters. The Morgan fingerprint density at radius 3 is 2.43 bits per heavy atom. The van der Waals surface area contributed by atoms with Gasteiger partial charge in [-0.3, -0.25) is 0 Å². The number of nitrogens with zero attached hydrogens (tertiary/aromatic N) is 1. The molecule has 0 saturated heterocycles. The van der Waals surface area contributed by atoms with Gasteiger partial charge in [-0.25, -0.2) is 4.98 Å². The number of H-pyrrole nitrogens is 1.